The van der Waals surface area contributed by atoms with Gasteiger partial charge in [-0.25, -0.2) is 4.98 Å². The molecular formula is C22H32N4O2S. The number of aryl methyl sites for hydroxylation is 2. The molecule has 1 N–H and O–H groups in total. The summed E-state index contributed by atoms with van der Waals surface area (Å²) in [6.45, 7) is 9.85. The molecule has 1 aliphatic heterocycles. The van der Waals surface area contributed by atoms with Crippen molar-refractivity contribution < 1.29 is 9.47 Å². The molecule has 6 nitrogen and oxygen atoms in total. The first-order valence-electron chi connectivity index (χ1n) is 10.2. The topological polar surface area (TPSA) is 59.0 Å². The minimum atomic E-state index is 0.439. The third kappa shape index (κ3) is 5.41. The first kappa shape index (κ1) is 21.4. The molecule has 3 rings (SSSR count). The summed E-state index contributed by atoms with van der Waals surface area (Å²) in [7, 11) is 3.39. The van der Waals surface area contributed by atoms with E-state index < -0.39 is 0 Å². The standard InChI is InChI=1S/C22H32N4O2S/c1-6-23-22(24-9-7-21-15(2)25-16(3)29-21)26-10-8-17(14-26)18-11-19(27-4)13-20(12-18)28-5/h11-13,17H,6-10,14H2,1-5H3,(H,23,24). The molecule has 0 spiro atoms. The molecule has 0 bridgehead atoms. The molecule has 1 unspecified atom stereocenters. The van der Waals surface area contributed by atoms with Crippen molar-refractivity contribution in [2.45, 2.75) is 39.5 Å². The van der Waals surface area contributed by atoms with E-state index in [4.69, 9.17) is 14.5 Å². The molecular weight excluding hydrogens is 384 g/mol. The number of likely N-dealkylation sites (tertiary alicyclic amines) is 1. The molecule has 7 heteroatoms. The van der Waals surface area contributed by atoms with Crippen molar-refractivity contribution in [2.75, 3.05) is 40.4 Å². The molecule has 1 aliphatic rings. The highest BCUT2D eigenvalue weighted by Gasteiger charge is 2.27. The molecule has 29 heavy (non-hydrogen) atoms. The van der Waals surface area contributed by atoms with E-state index >= 15 is 0 Å². The Morgan fingerprint density at radius 2 is 1.97 bits per heavy atom. The number of hydrogen-bond donors (Lipinski definition) is 1. The predicted octanol–water partition coefficient (Wildman–Crippen LogP) is 3.77. The van der Waals surface area contributed by atoms with Crippen LogP contribution in [0, 0.1) is 13.8 Å². The molecule has 1 aromatic heterocycles. The van der Waals surface area contributed by atoms with Gasteiger partial charge < -0.3 is 19.7 Å². The van der Waals surface area contributed by atoms with Crippen LogP contribution < -0.4 is 14.8 Å². The van der Waals surface area contributed by atoms with Crippen LogP contribution in [0.4, 0.5) is 0 Å². The van der Waals surface area contributed by atoms with Gasteiger partial charge in [-0.05, 0) is 44.9 Å². The average Bonchev–Trinajstić information content (AvgIpc) is 3.33. The number of nitrogens with one attached hydrogen (secondary N) is 1. The van der Waals surface area contributed by atoms with Crippen LogP contribution in [0.25, 0.3) is 0 Å². The Morgan fingerprint density at radius 1 is 1.24 bits per heavy atom. The number of thiazole rings is 1. The third-order valence-electron chi connectivity index (χ3n) is 5.27. The van der Waals surface area contributed by atoms with E-state index in [1.807, 2.05) is 6.07 Å². The molecule has 2 heterocycles. The van der Waals surface area contributed by atoms with Crippen LogP contribution in [0.5, 0.6) is 11.5 Å². The van der Waals surface area contributed by atoms with Gasteiger partial charge in [-0.1, -0.05) is 0 Å². The summed E-state index contributed by atoms with van der Waals surface area (Å²) in [6.07, 6.45) is 2.03. The fourth-order valence-electron chi connectivity index (χ4n) is 3.78. The van der Waals surface area contributed by atoms with Gasteiger partial charge in [-0.2, -0.15) is 0 Å². The first-order valence-corrected chi connectivity index (χ1v) is 11.0. The van der Waals surface area contributed by atoms with E-state index in [2.05, 4.69) is 48.1 Å². The molecule has 158 valence electrons. The monoisotopic (exact) mass is 416 g/mol. The maximum Gasteiger partial charge on any atom is 0.193 e. The summed E-state index contributed by atoms with van der Waals surface area (Å²) in [5.74, 6) is 3.13. The second kappa shape index (κ2) is 9.96. The molecule has 0 amide bonds. The van der Waals surface area contributed by atoms with Gasteiger partial charge in [0.2, 0.25) is 0 Å². The summed E-state index contributed by atoms with van der Waals surface area (Å²) in [6, 6.07) is 6.16. The Bertz CT molecular complexity index is 827. The summed E-state index contributed by atoms with van der Waals surface area (Å²) in [5, 5.41) is 4.59. The number of rotatable bonds is 7. The van der Waals surface area contributed by atoms with E-state index in [-0.39, 0.29) is 0 Å². The zero-order valence-corrected chi connectivity index (χ0v) is 18.9. The SMILES string of the molecule is CCNC(=NCCc1sc(C)nc1C)N1CCC(c2cc(OC)cc(OC)c2)C1. The van der Waals surface area contributed by atoms with E-state index in [0.717, 1.165) is 67.2 Å². The van der Waals surface area contributed by atoms with Gasteiger partial charge in [0.15, 0.2) is 5.96 Å². The average molecular weight is 417 g/mol. The number of nitrogens with zero attached hydrogens (tertiary/aromatic N) is 3. The minimum absolute atomic E-state index is 0.439. The van der Waals surface area contributed by atoms with Crippen LogP contribution in [-0.4, -0.2) is 56.2 Å². The Hall–Kier alpha value is -2.28. The third-order valence-corrected chi connectivity index (χ3v) is 6.40. The maximum atomic E-state index is 5.44. The van der Waals surface area contributed by atoms with Crippen LogP contribution in [0.1, 0.15) is 40.4 Å². The van der Waals surface area contributed by atoms with Crippen LogP contribution in [0.2, 0.25) is 0 Å². The molecule has 0 saturated carbocycles. The summed E-state index contributed by atoms with van der Waals surface area (Å²) in [4.78, 5) is 13.1. The number of benzene rings is 1. The van der Waals surface area contributed by atoms with Crippen molar-refractivity contribution in [1.82, 2.24) is 15.2 Å². The van der Waals surface area contributed by atoms with E-state index in [1.165, 1.54) is 10.4 Å². The fourth-order valence-corrected chi connectivity index (χ4v) is 4.71. The number of hydrogen-bond acceptors (Lipinski definition) is 5. The van der Waals surface area contributed by atoms with Gasteiger partial charge in [0.25, 0.3) is 0 Å². The lowest BCUT2D eigenvalue weighted by Crippen LogP contribution is -2.40. The maximum absolute atomic E-state index is 5.44. The Kier molecular flexibility index (Phi) is 7.36. The molecule has 1 fully saturated rings. The van der Waals surface area contributed by atoms with Gasteiger partial charge in [-0.3, -0.25) is 4.99 Å². The van der Waals surface area contributed by atoms with Gasteiger partial charge in [0, 0.05) is 49.5 Å². The molecule has 1 aromatic carbocycles. The van der Waals surface area contributed by atoms with Crippen molar-refractivity contribution in [3.63, 3.8) is 0 Å². The van der Waals surface area contributed by atoms with Gasteiger partial charge >= 0.3 is 0 Å². The molecule has 1 atom stereocenters. The molecule has 0 aliphatic carbocycles. The van der Waals surface area contributed by atoms with Crippen molar-refractivity contribution in [1.29, 1.82) is 0 Å². The summed E-state index contributed by atoms with van der Waals surface area (Å²) < 4.78 is 10.9. The Morgan fingerprint density at radius 3 is 2.55 bits per heavy atom. The Labute approximate surface area is 178 Å². The molecule has 1 saturated heterocycles. The van der Waals surface area contributed by atoms with Crippen LogP contribution >= 0.6 is 11.3 Å². The van der Waals surface area contributed by atoms with Crippen molar-refractivity contribution in [3.05, 3.63) is 39.3 Å². The van der Waals surface area contributed by atoms with Gasteiger partial charge in [0.1, 0.15) is 11.5 Å². The number of guanidine groups is 1. The lowest BCUT2D eigenvalue weighted by Gasteiger charge is -2.22. The molecule has 0 radical (unpaired) electrons. The largest absolute Gasteiger partial charge is 0.497 e. The second-order valence-electron chi connectivity index (χ2n) is 7.30. The zero-order valence-electron chi connectivity index (χ0n) is 18.1. The highest BCUT2D eigenvalue weighted by Crippen LogP contribution is 2.33. The van der Waals surface area contributed by atoms with Crippen molar-refractivity contribution in [2.24, 2.45) is 4.99 Å². The summed E-state index contributed by atoms with van der Waals surface area (Å²) in [5.41, 5.74) is 2.40. The van der Waals surface area contributed by atoms with Gasteiger partial charge in [-0.15, -0.1) is 11.3 Å². The van der Waals surface area contributed by atoms with Gasteiger partial charge in [0.05, 0.1) is 24.9 Å². The lowest BCUT2D eigenvalue weighted by atomic mass is 9.98. The Balaban J connectivity index is 1.67. The predicted molar refractivity (Wildman–Crippen MR) is 120 cm³/mol. The number of ether oxygens (including phenoxy) is 2. The van der Waals surface area contributed by atoms with Crippen LogP contribution in [0.3, 0.4) is 0 Å². The molecule has 2 aromatic rings. The first-order chi connectivity index (χ1) is 14.0. The lowest BCUT2D eigenvalue weighted by molar-refractivity contribution is 0.392. The minimum Gasteiger partial charge on any atom is -0.497 e. The number of aromatic nitrogens is 1. The highest BCUT2D eigenvalue weighted by atomic mass is 32.1. The van der Waals surface area contributed by atoms with Crippen molar-refractivity contribution in [3.8, 4) is 11.5 Å². The van der Waals surface area contributed by atoms with Crippen LogP contribution in [-0.2, 0) is 6.42 Å². The quantitative estimate of drug-likeness (QED) is 0.550. The van der Waals surface area contributed by atoms with E-state index in [0.29, 0.717) is 5.92 Å². The normalized spacial score (nSPS) is 16.9. The zero-order chi connectivity index (χ0) is 20.8. The smallest absolute Gasteiger partial charge is 0.193 e. The van der Waals surface area contributed by atoms with E-state index in [1.54, 1.807) is 25.6 Å². The summed E-state index contributed by atoms with van der Waals surface area (Å²) >= 11 is 1.78. The van der Waals surface area contributed by atoms with E-state index in [9.17, 15) is 0 Å². The van der Waals surface area contributed by atoms with Crippen LogP contribution in [0.15, 0.2) is 23.2 Å². The fraction of sp³-hybridized carbons (Fsp3) is 0.545. The van der Waals surface area contributed by atoms with Crippen molar-refractivity contribution >= 4 is 17.3 Å². The highest BCUT2D eigenvalue weighted by molar-refractivity contribution is 7.11. The number of methoxy groups -OCH3 is 2. The number of aliphatic imine (C=N–C) groups is 1. The second-order valence-corrected chi connectivity index (χ2v) is 8.59.